The van der Waals surface area contributed by atoms with Crippen molar-refractivity contribution >= 4 is 23.2 Å². The van der Waals surface area contributed by atoms with E-state index in [1.54, 1.807) is 12.4 Å². The van der Waals surface area contributed by atoms with Crippen LogP contribution >= 0.6 is 11.6 Å². The van der Waals surface area contributed by atoms with Gasteiger partial charge in [0, 0.05) is 32.0 Å². The van der Waals surface area contributed by atoms with Crippen LogP contribution in [-0.2, 0) is 0 Å². The molecule has 0 aliphatic carbocycles. The molecule has 1 unspecified atom stereocenters. The van der Waals surface area contributed by atoms with Crippen LogP contribution in [0.25, 0.3) is 17.0 Å². The smallest absolute Gasteiger partial charge is 0.224 e. The minimum Gasteiger partial charge on any atom is -0.337 e. The number of imidazole rings is 1. The predicted molar refractivity (Wildman–Crippen MR) is 94.1 cm³/mol. The van der Waals surface area contributed by atoms with Crippen molar-refractivity contribution in [3.05, 3.63) is 41.8 Å². The first-order chi connectivity index (χ1) is 11.7. The van der Waals surface area contributed by atoms with Crippen LogP contribution in [-0.4, -0.2) is 57.1 Å². The Kier molecular flexibility index (Phi) is 4.05. The Balaban J connectivity index is 1.65. The summed E-state index contributed by atoms with van der Waals surface area (Å²) in [6, 6.07) is 5.58. The maximum absolute atomic E-state index is 6.10. The van der Waals surface area contributed by atoms with Gasteiger partial charge >= 0.3 is 0 Å². The molecule has 0 bridgehead atoms. The van der Waals surface area contributed by atoms with Crippen LogP contribution in [0.4, 0.5) is 5.95 Å². The Labute approximate surface area is 144 Å². The molecule has 7 nitrogen and oxygen atoms in total. The van der Waals surface area contributed by atoms with Crippen LogP contribution in [0.15, 0.2) is 36.8 Å². The highest BCUT2D eigenvalue weighted by atomic mass is 35.5. The number of rotatable bonds is 3. The number of hydrogen-bond donors (Lipinski definition) is 2. The molecule has 1 aliphatic heterocycles. The maximum atomic E-state index is 6.10. The minimum atomic E-state index is 0.172. The molecule has 124 valence electrons. The number of pyridine rings is 1. The summed E-state index contributed by atoms with van der Waals surface area (Å²) in [4.78, 5) is 15.6. The number of nitrogens with one attached hydrogen (secondary N) is 2. The highest BCUT2D eigenvalue weighted by Gasteiger charge is 2.19. The van der Waals surface area contributed by atoms with E-state index in [9.17, 15) is 0 Å². The number of nitrogens with zero attached hydrogens (tertiary/aromatic N) is 5. The Morgan fingerprint density at radius 2 is 2.21 bits per heavy atom. The second-order valence-electron chi connectivity index (χ2n) is 5.83. The van der Waals surface area contributed by atoms with Gasteiger partial charge < -0.3 is 10.6 Å². The molecule has 4 rings (SSSR count). The molecule has 1 fully saturated rings. The van der Waals surface area contributed by atoms with Gasteiger partial charge in [0.1, 0.15) is 5.65 Å². The van der Waals surface area contributed by atoms with Crippen molar-refractivity contribution in [2.24, 2.45) is 0 Å². The van der Waals surface area contributed by atoms with Crippen LogP contribution in [0.1, 0.15) is 0 Å². The number of likely N-dealkylation sites (N-methyl/N-ethyl adjacent to an activating group) is 1. The fourth-order valence-electron chi connectivity index (χ4n) is 2.83. The van der Waals surface area contributed by atoms with Gasteiger partial charge in [-0.25, -0.2) is 15.0 Å². The molecule has 0 amide bonds. The molecule has 24 heavy (non-hydrogen) atoms. The zero-order chi connectivity index (χ0) is 16.5. The Hall–Kier alpha value is -2.22. The quantitative estimate of drug-likeness (QED) is 0.754. The average Bonchev–Trinajstić information content (AvgIpc) is 3.00. The van der Waals surface area contributed by atoms with Gasteiger partial charge in [0.2, 0.25) is 5.95 Å². The fourth-order valence-corrected chi connectivity index (χ4v) is 2.99. The highest BCUT2D eigenvalue weighted by molar-refractivity contribution is 6.30. The standard InChI is InChI=1S/C16H18ClN7/c1-23-7-6-18-9-15(23)22-16-19-5-4-12(21-16)13-8-20-14-3-2-11(17)10-24(13)14/h2-5,8,10,15,18H,6-7,9H2,1H3,(H,19,21,22). The first-order valence-corrected chi connectivity index (χ1v) is 8.22. The van der Waals surface area contributed by atoms with Gasteiger partial charge in [0.25, 0.3) is 0 Å². The van der Waals surface area contributed by atoms with Gasteiger partial charge in [0.15, 0.2) is 0 Å². The Morgan fingerprint density at radius 1 is 1.29 bits per heavy atom. The van der Waals surface area contributed by atoms with Gasteiger partial charge in [0.05, 0.1) is 28.8 Å². The van der Waals surface area contributed by atoms with Crippen LogP contribution in [0, 0.1) is 0 Å². The fraction of sp³-hybridized carbons (Fsp3) is 0.312. The second kappa shape index (κ2) is 6.35. The van der Waals surface area contributed by atoms with Crippen LogP contribution in [0.3, 0.4) is 0 Å². The lowest BCUT2D eigenvalue weighted by atomic mass is 10.3. The second-order valence-corrected chi connectivity index (χ2v) is 6.27. The van der Waals surface area contributed by atoms with Gasteiger partial charge in [-0.2, -0.15) is 0 Å². The molecule has 0 aromatic carbocycles. The molecule has 0 saturated carbocycles. The number of fused-ring (bicyclic) bond motifs is 1. The monoisotopic (exact) mass is 343 g/mol. The van der Waals surface area contributed by atoms with Crippen LogP contribution in [0.2, 0.25) is 5.02 Å². The molecular formula is C16H18ClN7. The van der Waals surface area contributed by atoms with Crippen molar-refractivity contribution in [3.63, 3.8) is 0 Å². The van der Waals surface area contributed by atoms with Crippen molar-refractivity contribution in [3.8, 4) is 11.4 Å². The summed E-state index contributed by atoms with van der Waals surface area (Å²) < 4.78 is 1.93. The zero-order valence-corrected chi connectivity index (χ0v) is 14.0. The summed E-state index contributed by atoms with van der Waals surface area (Å²) in [6.07, 6.45) is 5.56. The van der Waals surface area contributed by atoms with E-state index in [0.29, 0.717) is 11.0 Å². The van der Waals surface area contributed by atoms with E-state index in [2.05, 4.69) is 37.5 Å². The maximum Gasteiger partial charge on any atom is 0.224 e. The Morgan fingerprint density at radius 3 is 3.08 bits per heavy atom. The minimum absolute atomic E-state index is 0.172. The van der Waals surface area contributed by atoms with E-state index in [4.69, 9.17) is 11.6 Å². The largest absolute Gasteiger partial charge is 0.337 e. The lowest BCUT2D eigenvalue weighted by Gasteiger charge is -2.33. The van der Waals surface area contributed by atoms with E-state index in [0.717, 1.165) is 36.7 Å². The van der Waals surface area contributed by atoms with Crippen molar-refractivity contribution in [1.29, 1.82) is 0 Å². The van der Waals surface area contributed by atoms with Crippen molar-refractivity contribution < 1.29 is 0 Å². The topological polar surface area (TPSA) is 70.4 Å². The van der Waals surface area contributed by atoms with Crippen molar-refractivity contribution in [1.82, 2.24) is 29.6 Å². The normalized spacial score (nSPS) is 18.8. The Bertz CT molecular complexity index is 863. The summed E-state index contributed by atoms with van der Waals surface area (Å²) in [5, 5.41) is 7.40. The van der Waals surface area contributed by atoms with Crippen LogP contribution in [0.5, 0.6) is 0 Å². The van der Waals surface area contributed by atoms with Gasteiger partial charge in [-0.05, 0) is 25.2 Å². The highest BCUT2D eigenvalue weighted by Crippen LogP contribution is 2.21. The van der Waals surface area contributed by atoms with Gasteiger partial charge in [-0.15, -0.1) is 0 Å². The van der Waals surface area contributed by atoms with E-state index >= 15 is 0 Å². The van der Waals surface area contributed by atoms with Gasteiger partial charge in [-0.1, -0.05) is 11.6 Å². The molecule has 8 heteroatoms. The molecule has 1 saturated heterocycles. The molecule has 2 N–H and O–H groups in total. The third-order valence-corrected chi connectivity index (χ3v) is 4.42. The van der Waals surface area contributed by atoms with Crippen LogP contribution < -0.4 is 10.6 Å². The molecule has 3 aromatic rings. The molecule has 1 aliphatic rings. The molecule has 3 aromatic heterocycles. The SMILES string of the molecule is CN1CCNCC1Nc1nccc(-c2cnc3ccc(Cl)cn23)n1. The molecule has 1 atom stereocenters. The number of aromatic nitrogens is 4. The zero-order valence-electron chi connectivity index (χ0n) is 13.3. The van der Waals surface area contributed by atoms with Crippen molar-refractivity contribution in [2.45, 2.75) is 6.17 Å². The lowest BCUT2D eigenvalue weighted by molar-refractivity contribution is 0.221. The summed E-state index contributed by atoms with van der Waals surface area (Å²) in [5.41, 5.74) is 2.51. The number of anilines is 1. The molecule has 0 radical (unpaired) electrons. The summed E-state index contributed by atoms with van der Waals surface area (Å²) in [7, 11) is 2.09. The average molecular weight is 344 g/mol. The van der Waals surface area contributed by atoms with Gasteiger partial charge in [-0.3, -0.25) is 9.30 Å². The summed E-state index contributed by atoms with van der Waals surface area (Å²) in [6.45, 7) is 2.84. The first-order valence-electron chi connectivity index (χ1n) is 7.84. The van der Waals surface area contributed by atoms with E-state index in [1.807, 2.05) is 28.8 Å². The molecule has 4 heterocycles. The predicted octanol–water partition coefficient (Wildman–Crippen LogP) is 1.72. The van der Waals surface area contributed by atoms with E-state index in [-0.39, 0.29) is 6.17 Å². The summed E-state index contributed by atoms with van der Waals surface area (Å²) in [5.74, 6) is 0.602. The van der Waals surface area contributed by atoms with E-state index in [1.165, 1.54) is 0 Å². The third kappa shape index (κ3) is 2.93. The van der Waals surface area contributed by atoms with E-state index < -0.39 is 0 Å². The number of hydrogen-bond acceptors (Lipinski definition) is 6. The molecule has 0 spiro atoms. The van der Waals surface area contributed by atoms with Crippen molar-refractivity contribution in [2.75, 3.05) is 32.0 Å². The lowest BCUT2D eigenvalue weighted by Crippen LogP contribution is -2.53. The third-order valence-electron chi connectivity index (χ3n) is 4.19. The number of halogens is 1. The number of piperazine rings is 1. The summed E-state index contributed by atoms with van der Waals surface area (Å²) >= 11 is 6.10. The molecular weight excluding hydrogens is 326 g/mol. The first kappa shape index (κ1) is 15.3.